The number of rotatable bonds is 4. The van der Waals surface area contributed by atoms with Gasteiger partial charge in [0.25, 0.3) is 15.9 Å². The van der Waals surface area contributed by atoms with E-state index >= 15 is 0 Å². The number of alkyl halides is 2. The largest absolute Gasteiger partial charge is 0.272 e. The van der Waals surface area contributed by atoms with Gasteiger partial charge in [0.2, 0.25) is 0 Å². The minimum absolute atomic E-state index is 0.00518. The molecule has 1 fully saturated rings. The number of carbonyl (C=O) groups is 1. The molecule has 0 bridgehead atoms. The van der Waals surface area contributed by atoms with Crippen LogP contribution in [0.4, 0.5) is 0 Å². The normalized spacial score (nSPS) is 26.4. The highest BCUT2D eigenvalue weighted by atomic mass is 35.5. The molecule has 1 aromatic rings. The molecule has 1 saturated heterocycles. The van der Waals surface area contributed by atoms with Crippen molar-refractivity contribution < 1.29 is 13.2 Å². The third kappa shape index (κ3) is 2.77. The highest BCUT2D eigenvalue weighted by molar-refractivity contribution is 7.89. The standard InChI is InChI=1S/C13H14Cl3NO3S/c1-2-13(16)9(7-14)8-17(12(13)18)21(19,20)11-5-3-10(15)4-6-11/h3-6,9H,2,7-8H2,1H3. The Morgan fingerprint density at radius 1 is 1.33 bits per heavy atom. The average molecular weight is 371 g/mol. The maximum Gasteiger partial charge on any atom is 0.266 e. The van der Waals surface area contributed by atoms with Crippen molar-refractivity contribution in [1.29, 1.82) is 0 Å². The number of halogens is 3. The molecule has 0 aliphatic carbocycles. The SMILES string of the molecule is CCC1(Cl)C(=O)N(S(=O)(=O)c2ccc(Cl)cc2)CC1CCl. The van der Waals surface area contributed by atoms with Crippen LogP contribution in [0.5, 0.6) is 0 Å². The fourth-order valence-corrected chi connectivity index (χ4v) is 4.72. The van der Waals surface area contributed by atoms with E-state index in [1.54, 1.807) is 6.92 Å². The van der Waals surface area contributed by atoms with Gasteiger partial charge in [0.15, 0.2) is 0 Å². The number of hydrogen-bond donors (Lipinski definition) is 0. The molecular weight excluding hydrogens is 357 g/mol. The van der Waals surface area contributed by atoms with Crippen molar-refractivity contribution in [1.82, 2.24) is 4.31 Å². The van der Waals surface area contributed by atoms with Crippen LogP contribution in [0.15, 0.2) is 29.2 Å². The molecule has 0 aromatic heterocycles. The molecule has 0 saturated carbocycles. The van der Waals surface area contributed by atoms with Crippen LogP contribution in [0.2, 0.25) is 5.02 Å². The second kappa shape index (κ2) is 5.95. The molecule has 1 aliphatic rings. The van der Waals surface area contributed by atoms with E-state index in [0.29, 0.717) is 11.4 Å². The molecule has 2 atom stereocenters. The second-order valence-electron chi connectivity index (χ2n) is 4.86. The number of amides is 1. The molecule has 116 valence electrons. The van der Waals surface area contributed by atoms with Crippen molar-refractivity contribution >= 4 is 50.7 Å². The van der Waals surface area contributed by atoms with Gasteiger partial charge in [-0.3, -0.25) is 4.79 Å². The van der Waals surface area contributed by atoms with Gasteiger partial charge in [0.1, 0.15) is 4.87 Å². The minimum Gasteiger partial charge on any atom is -0.272 e. The van der Waals surface area contributed by atoms with Gasteiger partial charge in [0, 0.05) is 23.4 Å². The van der Waals surface area contributed by atoms with Crippen molar-refractivity contribution in [3.05, 3.63) is 29.3 Å². The first kappa shape index (κ1) is 16.9. The lowest BCUT2D eigenvalue weighted by Crippen LogP contribution is -2.40. The summed E-state index contributed by atoms with van der Waals surface area (Å²) < 4.78 is 26.0. The molecule has 2 rings (SSSR count). The summed E-state index contributed by atoms with van der Waals surface area (Å²) in [6, 6.07) is 5.64. The van der Waals surface area contributed by atoms with Crippen LogP contribution < -0.4 is 0 Å². The van der Waals surface area contributed by atoms with Crippen LogP contribution in [0.1, 0.15) is 13.3 Å². The second-order valence-corrected chi connectivity index (χ2v) is 8.14. The number of carbonyl (C=O) groups excluding carboxylic acids is 1. The predicted octanol–water partition coefficient (Wildman–Crippen LogP) is 3.11. The van der Waals surface area contributed by atoms with E-state index in [1.807, 2.05) is 0 Å². The summed E-state index contributed by atoms with van der Waals surface area (Å²) in [5.74, 6) is -0.914. The summed E-state index contributed by atoms with van der Waals surface area (Å²) in [6.45, 7) is 1.73. The Morgan fingerprint density at radius 2 is 1.90 bits per heavy atom. The first-order valence-electron chi connectivity index (χ1n) is 6.35. The Hall–Kier alpha value is -0.490. The summed E-state index contributed by atoms with van der Waals surface area (Å²) in [6.07, 6.45) is 0.317. The van der Waals surface area contributed by atoms with Crippen molar-refractivity contribution in [3.63, 3.8) is 0 Å². The molecule has 2 unspecified atom stereocenters. The lowest BCUT2D eigenvalue weighted by molar-refractivity contribution is -0.126. The zero-order chi connectivity index (χ0) is 15.8. The van der Waals surface area contributed by atoms with Gasteiger partial charge >= 0.3 is 0 Å². The molecule has 1 heterocycles. The highest BCUT2D eigenvalue weighted by Gasteiger charge is 2.55. The Morgan fingerprint density at radius 3 is 2.33 bits per heavy atom. The van der Waals surface area contributed by atoms with Gasteiger partial charge in [-0.05, 0) is 30.7 Å². The van der Waals surface area contributed by atoms with Gasteiger partial charge in [-0.1, -0.05) is 18.5 Å². The van der Waals surface area contributed by atoms with Crippen molar-refractivity contribution in [2.24, 2.45) is 5.92 Å². The van der Waals surface area contributed by atoms with E-state index in [4.69, 9.17) is 34.8 Å². The Labute approximate surface area is 139 Å². The molecule has 0 N–H and O–H groups in total. The molecular formula is C13H14Cl3NO3S. The van der Waals surface area contributed by atoms with Crippen LogP contribution in [0.3, 0.4) is 0 Å². The maximum absolute atomic E-state index is 12.6. The zero-order valence-corrected chi connectivity index (χ0v) is 14.3. The quantitative estimate of drug-likeness (QED) is 0.765. The Balaban J connectivity index is 2.42. The average Bonchev–Trinajstić information content (AvgIpc) is 2.72. The van der Waals surface area contributed by atoms with Gasteiger partial charge in [-0.2, -0.15) is 0 Å². The summed E-state index contributed by atoms with van der Waals surface area (Å²) in [7, 11) is -3.95. The lowest BCUT2D eigenvalue weighted by atomic mass is 9.94. The molecule has 0 radical (unpaired) electrons. The van der Waals surface area contributed by atoms with Crippen LogP contribution in [-0.4, -0.2) is 35.9 Å². The van der Waals surface area contributed by atoms with Gasteiger partial charge in [0.05, 0.1) is 4.90 Å². The fraction of sp³-hybridized carbons (Fsp3) is 0.462. The predicted molar refractivity (Wildman–Crippen MR) is 83.4 cm³/mol. The fourth-order valence-electron chi connectivity index (χ4n) is 2.36. The Kier molecular flexibility index (Phi) is 4.78. The van der Waals surface area contributed by atoms with Crippen LogP contribution in [0, 0.1) is 5.92 Å². The van der Waals surface area contributed by atoms with E-state index in [9.17, 15) is 13.2 Å². The van der Waals surface area contributed by atoms with Gasteiger partial charge < -0.3 is 0 Å². The molecule has 1 amide bonds. The summed E-state index contributed by atoms with van der Waals surface area (Å²) in [5, 5.41) is 0.417. The third-order valence-corrected chi connectivity index (χ3v) is 6.84. The summed E-state index contributed by atoms with van der Waals surface area (Å²) in [5.41, 5.74) is 0. The number of benzene rings is 1. The van der Waals surface area contributed by atoms with E-state index in [2.05, 4.69) is 0 Å². The summed E-state index contributed by atoms with van der Waals surface area (Å²) in [4.78, 5) is 11.2. The van der Waals surface area contributed by atoms with E-state index < -0.39 is 26.7 Å². The molecule has 4 nitrogen and oxygen atoms in total. The first-order chi connectivity index (χ1) is 9.77. The third-order valence-electron chi connectivity index (χ3n) is 3.72. The molecule has 1 aliphatic heterocycles. The summed E-state index contributed by atoms with van der Waals surface area (Å²) >= 11 is 17.9. The number of nitrogens with zero attached hydrogens (tertiary/aromatic N) is 1. The van der Waals surface area contributed by atoms with Crippen LogP contribution in [-0.2, 0) is 14.8 Å². The first-order valence-corrected chi connectivity index (χ1v) is 9.08. The number of hydrogen-bond acceptors (Lipinski definition) is 3. The van der Waals surface area contributed by atoms with E-state index in [0.717, 1.165) is 4.31 Å². The Bertz CT molecular complexity index is 647. The molecule has 8 heteroatoms. The monoisotopic (exact) mass is 369 g/mol. The minimum atomic E-state index is -3.95. The zero-order valence-electron chi connectivity index (χ0n) is 11.2. The van der Waals surface area contributed by atoms with Crippen molar-refractivity contribution in [2.75, 3.05) is 12.4 Å². The van der Waals surface area contributed by atoms with Gasteiger partial charge in [-0.15, -0.1) is 23.2 Å². The molecule has 1 aromatic carbocycles. The van der Waals surface area contributed by atoms with Crippen molar-refractivity contribution in [2.45, 2.75) is 23.1 Å². The van der Waals surface area contributed by atoms with E-state index in [1.165, 1.54) is 24.3 Å². The topological polar surface area (TPSA) is 54.5 Å². The highest BCUT2D eigenvalue weighted by Crippen LogP contribution is 2.41. The number of sulfonamides is 1. The molecule has 0 spiro atoms. The van der Waals surface area contributed by atoms with E-state index in [-0.39, 0.29) is 17.3 Å². The van der Waals surface area contributed by atoms with Crippen molar-refractivity contribution in [3.8, 4) is 0 Å². The lowest BCUT2D eigenvalue weighted by Gasteiger charge is -2.22. The van der Waals surface area contributed by atoms with Crippen LogP contribution >= 0.6 is 34.8 Å². The van der Waals surface area contributed by atoms with Crippen LogP contribution in [0.25, 0.3) is 0 Å². The van der Waals surface area contributed by atoms with Gasteiger partial charge in [-0.25, -0.2) is 12.7 Å². The smallest absolute Gasteiger partial charge is 0.266 e. The molecule has 21 heavy (non-hydrogen) atoms. The maximum atomic E-state index is 12.6.